The Balaban J connectivity index is 1.85. The predicted octanol–water partition coefficient (Wildman–Crippen LogP) is 5.00. The van der Waals surface area contributed by atoms with Crippen molar-refractivity contribution in [2.24, 2.45) is 10.2 Å². The molecule has 13 nitrogen and oxygen atoms in total. The van der Waals surface area contributed by atoms with E-state index in [1.165, 1.54) is 36.4 Å². The number of sulfone groups is 1. The van der Waals surface area contributed by atoms with Crippen LogP contribution in [0.5, 0.6) is 5.75 Å². The second kappa shape index (κ2) is 10.5. The van der Waals surface area contributed by atoms with E-state index in [4.69, 9.17) is 10.7 Å². The average molecular weight is 625 g/mol. The number of phenolic OH excluding ortho intramolecular Hbond substituents is 1. The Bertz CT molecular complexity index is 2050. The van der Waals surface area contributed by atoms with Crippen LogP contribution < -0.4 is 4.72 Å². The first-order valence-corrected chi connectivity index (χ1v) is 16.5. The van der Waals surface area contributed by atoms with E-state index in [-0.39, 0.29) is 33.6 Å². The van der Waals surface area contributed by atoms with Gasteiger partial charge in [0.05, 0.1) is 26.1 Å². The van der Waals surface area contributed by atoms with Gasteiger partial charge in [0.25, 0.3) is 24.8 Å². The molecule has 0 spiro atoms. The zero-order chi connectivity index (χ0) is 29.5. The van der Waals surface area contributed by atoms with Gasteiger partial charge < -0.3 is 5.11 Å². The van der Waals surface area contributed by atoms with Crippen LogP contribution in [-0.2, 0) is 28.9 Å². The molecule has 0 fully saturated rings. The summed E-state index contributed by atoms with van der Waals surface area (Å²) in [4.78, 5) is 9.04. The lowest BCUT2D eigenvalue weighted by molar-refractivity contribution is -0.385. The highest BCUT2D eigenvalue weighted by molar-refractivity contribution is 8.13. The third-order valence-corrected chi connectivity index (χ3v) is 9.30. The maximum atomic E-state index is 13.2. The molecule has 4 aromatic rings. The second-order valence-electron chi connectivity index (χ2n) is 8.23. The number of anilines is 1. The van der Waals surface area contributed by atoms with E-state index in [0.29, 0.717) is 0 Å². The molecule has 0 bridgehead atoms. The van der Waals surface area contributed by atoms with Crippen LogP contribution in [0.4, 0.5) is 22.7 Å². The fourth-order valence-corrected chi connectivity index (χ4v) is 6.45. The van der Waals surface area contributed by atoms with Crippen LogP contribution in [0.2, 0.25) is 0 Å². The van der Waals surface area contributed by atoms with Crippen molar-refractivity contribution in [1.82, 2.24) is 0 Å². The molecule has 0 aliphatic heterocycles. The second-order valence-corrected chi connectivity index (χ2v) is 14.5. The first kappa shape index (κ1) is 28.9. The fraction of sp³-hybridized carbons (Fsp3) is 0.0435. The van der Waals surface area contributed by atoms with Crippen molar-refractivity contribution in [3.8, 4) is 5.75 Å². The number of azo groups is 1. The number of nitrogens with one attached hydrogen (secondary N) is 1. The van der Waals surface area contributed by atoms with Gasteiger partial charge in [0.15, 0.2) is 9.84 Å². The Morgan fingerprint density at radius 2 is 1.48 bits per heavy atom. The van der Waals surface area contributed by atoms with Gasteiger partial charge in [-0.3, -0.25) is 14.8 Å². The molecule has 0 aliphatic rings. The molecule has 0 saturated heterocycles. The predicted molar refractivity (Wildman–Crippen MR) is 146 cm³/mol. The lowest BCUT2D eigenvalue weighted by Gasteiger charge is -2.13. The molecule has 4 aromatic carbocycles. The van der Waals surface area contributed by atoms with Gasteiger partial charge in [-0.05, 0) is 42.5 Å². The largest absolute Gasteiger partial charge is 0.507 e. The van der Waals surface area contributed by atoms with Crippen LogP contribution in [0.3, 0.4) is 0 Å². The molecule has 0 amide bonds. The summed E-state index contributed by atoms with van der Waals surface area (Å²) in [6.07, 6.45) is 0.846. The van der Waals surface area contributed by atoms with Gasteiger partial charge in [0, 0.05) is 39.8 Å². The van der Waals surface area contributed by atoms with Crippen molar-refractivity contribution >= 4 is 73.1 Å². The SMILES string of the molecule is CS(=O)(=O)c1cc([N+](=O)[O-])ccc1N=Nc1ccc(O)c2cccc(NS(=O)(=O)c3cccc(S(=O)(=O)Cl)c3)c12. The number of hydrogen-bond acceptors (Lipinski definition) is 11. The highest BCUT2D eigenvalue weighted by Gasteiger charge is 2.22. The van der Waals surface area contributed by atoms with E-state index in [0.717, 1.165) is 42.7 Å². The molecule has 0 atom stereocenters. The third-order valence-electron chi connectivity index (χ3n) is 5.46. The van der Waals surface area contributed by atoms with Crippen LogP contribution in [0.25, 0.3) is 10.8 Å². The summed E-state index contributed by atoms with van der Waals surface area (Å²) in [6.45, 7) is 0. The normalized spacial score (nSPS) is 12.6. The summed E-state index contributed by atoms with van der Waals surface area (Å²) in [5.41, 5.74) is -0.766. The summed E-state index contributed by atoms with van der Waals surface area (Å²) in [6, 6.07) is 14.2. The van der Waals surface area contributed by atoms with Crippen molar-refractivity contribution in [3.63, 3.8) is 0 Å². The van der Waals surface area contributed by atoms with Gasteiger partial charge >= 0.3 is 0 Å². The number of nitro benzene ring substituents is 1. The number of rotatable bonds is 8. The molecular weight excluding hydrogens is 608 g/mol. The number of halogens is 1. The first-order valence-electron chi connectivity index (χ1n) is 10.8. The summed E-state index contributed by atoms with van der Waals surface area (Å²) in [5.74, 6) is -0.239. The fourth-order valence-electron chi connectivity index (χ4n) is 3.64. The number of hydrogen-bond donors (Lipinski definition) is 2. The zero-order valence-electron chi connectivity index (χ0n) is 20.1. The Kier molecular flexibility index (Phi) is 7.55. The van der Waals surface area contributed by atoms with Gasteiger partial charge in [-0.25, -0.2) is 25.3 Å². The van der Waals surface area contributed by atoms with Crippen LogP contribution >= 0.6 is 10.7 Å². The lowest BCUT2D eigenvalue weighted by atomic mass is 10.1. The summed E-state index contributed by atoms with van der Waals surface area (Å²) >= 11 is 0. The molecule has 0 radical (unpaired) electrons. The first-order chi connectivity index (χ1) is 18.6. The van der Waals surface area contributed by atoms with Crippen molar-refractivity contribution < 1.29 is 35.3 Å². The quantitative estimate of drug-likeness (QED) is 0.117. The molecule has 40 heavy (non-hydrogen) atoms. The van der Waals surface area contributed by atoms with Gasteiger partial charge in [-0.2, -0.15) is 0 Å². The van der Waals surface area contributed by atoms with Gasteiger partial charge in [-0.1, -0.05) is 18.2 Å². The average Bonchev–Trinajstić information content (AvgIpc) is 2.87. The molecule has 208 valence electrons. The summed E-state index contributed by atoms with van der Waals surface area (Å²) in [7, 11) is -7.24. The zero-order valence-corrected chi connectivity index (χ0v) is 23.3. The van der Waals surface area contributed by atoms with Crippen LogP contribution in [0.1, 0.15) is 0 Å². The maximum absolute atomic E-state index is 13.2. The molecule has 17 heteroatoms. The Hall–Kier alpha value is -4.12. The van der Waals surface area contributed by atoms with Gasteiger partial charge in [-0.15, -0.1) is 10.2 Å². The monoisotopic (exact) mass is 624 g/mol. The standard InChI is InChI=1S/C23H17ClN4O9S3/c1-38(32,33)22-12-14(28(30)31)8-9-18(22)25-26-19-10-11-21(29)17-6-3-7-20(23(17)19)27-40(36,37)16-5-2-4-15(13-16)39(24,34)35/h2-13,27,29H,1H3. The number of fused-ring (bicyclic) bond motifs is 1. The smallest absolute Gasteiger partial charge is 0.270 e. The van der Waals surface area contributed by atoms with Gasteiger partial charge in [0.2, 0.25) is 0 Å². The number of aromatic hydroxyl groups is 1. The highest BCUT2D eigenvalue weighted by Crippen LogP contribution is 2.40. The van der Waals surface area contributed by atoms with Crippen LogP contribution in [0, 0.1) is 10.1 Å². The minimum absolute atomic E-state index is 0.000917. The summed E-state index contributed by atoms with van der Waals surface area (Å²) < 4.78 is 76.5. The van der Waals surface area contributed by atoms with Crippen LogP contribution in [-0.4, -0.2) is 41.5 Å². The van der Waals surface area contributed by atoms with Crippen molar-refractivity contribution in [3.05, 3.63) is 82.9 Å². The third kappa shape index (κ3) is 6.04. The van der Waals surface area contributed by atoms with E-state index < -0.39 is 54.2 Å². The molecule has 0 saturated carbocycles. The van der Waals surface area contributed by atoms with Gasteiger partial charge in [0.1, 0.15) is 16.3 Å². The van der Waals surface area contributed by atoms with Crippen molar-refractivity contribution in [1.29, 1.82) is 0 Å². The maximum Gasteiger partial charge on any atom is 0.270 e. The highest BCUT2D eigenvalue weighted by atomic mass is 35.7. The number of non-ortho nitro benzene ring substituents is 1. The minimum Gasteiger partial charge on any atom is -0.507 e. The van der Waals surface area contributed by atoms with E-state index in [2.05, 4.69) is 15.0 Å². The molecular formula is C23H17ClN4O9S3. The van der Waals surface area contributed by atoms with E-state index >= 15 is 0 Å². The van der Waals surface area contributed by atoms with Crippen molar-refractivity contribution in [2.75, 3.05) is 11.0 Å². The summed E-state index contributed by atoms with van der Waals surface area (Å²) in [5, 5.41) is 29.7. The van der Waals surface area contributed by atoms with Crippen molar-refractivity contribution in [2.45, 2.75) is 14.7 Å². The molecule has 0 aromatic heterocycles. The van der Waals surface area contributed by atoms with E-state index in [9.17, 15) is 40.5 Å². The number of nitrogens with zero attached hydrogens (tertiary/aromatic N) is 3. The van der Waals surface area contributed by atoms with E-state index in [1.807, 2.05) is 0 Å². The number of benzene rings is 4. The molecule has 0 unspecified atom stereocenters. The van der Waals surface area contributed by atoms with Crippen LogP contribution in [0.15, 0.2) is 97.7 Å². The molecule has 2 N–H and O–H groups in total. The Labute approximate surface area is 232 Å². The molecule has 0 heterocycles. The lowest BCUT2D eigenvalue weighted by Crippen LogP contribution is -2.13. The number of nitro groups is 1. The molecule has 4 rings (SSSR count). The minimum atomic E-state index is -4.39. The number of phenols is 1. The van der Waals surface area contributed by atoms with E-state index in [1.54, 1.807) is 0 Å². The topological polar surface area (TPSA) is 203 Å². The Morgan fingerprint density at radius 3 is 2.12 bits per heavy atom. The molecule has 0 aliphatic carbocycles. The Morgan fingerprint density at radius 1 is 0.850 bits per heavy atom. The number of sulfonamides is 1.